The molecular formula is C15H28N2. The molecule has 3 unspecified atom stereocenters. The number of nitrogens with zero attached hydrogens (tertiary/aromatic N) is 1. The third-order valence-corrected chi connectivity index (χ3v) is 5.36. The summed E-state index contributed by atoms with van der Waals surface area (Å²) in [7, 11) is 0. The van der Waals surface area contributed by atoms with E-state index in [0.717, 1.165) is 18.0 Å². The molecule has 1 aliphatic heterocycles. The highest BCUT2D eigenvalue weighted by Gasteiger charge is 2.40. The lowest BCUT2D eigenvalue weighted by atomic mass is 9.86. The van der Waals surface area contributed by atoms with Crippen molar-refractivity contribution in [2.45, 2.75) is 64.5 Å². The van der Waals surface area contributed by atoms with Gasteiger partial charge in [0.2, 0.25) is 0 Å². The number of fused-ring (bicyclic) bond motifs is 2. The number of nitrogens with one attached hydrogen (secondary N) is 1. The summed E-state index contributed by atoms with van der Waals surface area (Å²) in [6.45, 7) is 8.79. The maximum absolute atomic E-state index is 3.74. The van der Waals surface area contributed by atoms with E-state index < -0.39 is 0 Å². The monoisotopic (exact) mass is 236 g/mol. The lowest BCUT2D eigenvalue weighted by molar-refractivity contribution is 0.124. The summed E-state index contributed by atoms with van der Waals surface area (Å²) in [6, 6.07) is 1.79. The number of piperidine rings is 1. The predicted molar refractivity (Wildman–Crippen MR) is 72.1 cm³/mol. The van der Waals surface area contributed by atoms with E-state index in [1.807, 2.05) is 0 Å². The van der Waals surface area contributed by atoms with Crippen molar-refractivity contribution in [3.05, 3.63) is 0 Å². The summed E-state index contributed by atoms with van der Waals surface area (Å²) in [5, 5.41) is 3.74. The van der Waals surface area contributed by atoms with Crippen LogP contribution in [0.2, 0.25) is 0 Å². The smallest absolute Gasteiger partial charge is 0.00988 e. The van der Waals surface area contributed by atoms with Crippen LogP contribution in [0.25, 0.3) is 0 Å². The van der Waals surface area contributed by atoms with Crippen molar-refractivity contribution in [2.24, 2.45) is 11.3 Å². The van der Waals surface area contributed by atoms with Gasteiger partial charge in [-0.05, 0) is 49.9 Å². The number of hydrogen-bond acceptors (Lipinski definition) is 2. The van der Waals surface area contributed by atoms with Crippen molar-refractivity contribution < 1.29 is 0 Å². The number of likely N-dealkylation sites (tertiary alicyclic amines) is 1. The Morgan fingerprint density at radius 1 is 1.24 bits per heavy atom. The summed E-state index contributed by atoms with van der Waals surface area (Å²) in [5.74, 6) is 1.04. The van der Waals surface area contributed by atoms with Gasteiger partial charge >= 0.3 is 0 Å². The largest absolute Gasteiger partial charge is 0.313 e. The maximum Gasteiger partial charge on any atom is 0.00988 e. The van der Waals surface area contributed by atoms with Gasteiger partial charge in [-0.15, -0.1) is 0 Å². The standard InChI is InChI=1S/C15H28N2/c1-3-15(2,10-16-13-5-6-13)11-17-9-12-4-7-14(17)8-12/h12-14,16H,3-11H2,1-2H3. The molecule has 2 heteroatoms. The molecule has 1 heterocycles. The Bertz CT molecular complexity index is 274. The molecule has 2 nitrogen and oxygen atoms in total. The Hall–Kier alpha value is -0.0800. The minimum Gasteiger partial charge on any atom is -0.313 e. The molecule has 17 heavy (non-hydrogen) atoms. The van der Waals surface area contributed by atoms with Crippen LogP contribution < -0.4 is 5.32 Å². The first kappa shape index (κ1) is 12.0. The zero-order valence-electron chi connectivity index (χ0n) is 11.5. The first-order chi connectivity index (χ1) is 8.18. The van der Waals surface area contributed by atoms with Gasteiger partial charge in [-0.2, -0.15) is 0 Å². The van der Waals surface area contributed by atoms with Gasteiger partial charge in [0.1, 0.15) is 0 Å². The van der Waals surface area contributed by atoms with Crippen LogP contribution in [-0.2, 0) is 0 Å². The third-order valence-electron chi connectivity index (χ3n) is 5.36. The zero-order valence-corrected chi connectivity index (χ0v) is 11.5. The Balaban J connectivity index is 1.52. The third kappa shape index (κ3) is 2.68. The van der Waals surface area contributed by atoms with Gasteiger partial charge in [-0.1, -0.05) is 13.8 Å². The van der Waals surface area contributed by atoms with Crippen LogP contribution in [0.5, 0.6) is 0 Å². The van der Waals surface area contributed by atoms with E-state index in [4.69, 9.17) is 0 Å². The predicted octanol–water partition coefficient (Wildman–Crippen LogP) is 2.64. The fourth-order valence-corrected chi connectivity index (χ4v) is 3.68. The molecule has 0 amide bonds. The molecule has 98 valence electrons. The van der Waals surface area contributed by atoms with Crippen molar-refractivity contribution in [1.29, 1.82) is 0 Å². The molecule has 0 radical (unpaired) electrons. The van der Waals surface area contributed by atoms with Crippen molar-refractivity contribution in [2.75, 3.05) is 19.6 Å². The SMILES string of the molecule is CCC(C)(CNC1CC1)CN1CC2CCC1C2. The molecule has 0 aromatic carbocycles. The average molecular weight is 236 g/mol. The molecule has 2 aliphatic carbocycles. The van der Waals surface area contributed by atoms with Gasteiger partial charge in [-0.25, -0.2) is 0 Å². The van der Waals surface area contributed by atoms with E-state index in [2.05, 4.69) is 24.1 Å². The van der Waals surface area contributed by atoms with Crippen molar-refractivity contribution >= 4 is 0 Å². The minimum atomic E-state index is 0.493. The van der Waals surface area contributed by atoms with Gasteiger partial charge in [0, 0.05) is 31.7 Å². The Labute approximate surface area is 106 Å². The summed E-state index contributed by atoms with van der Waals surface area (Å²) in [5.41, 5.74) is 0.493. The van der Waals surface area contributed by atoms with Gasteiger partial charge < -0.3 is 5.32 Å². The number of rotatable bonds is 6. The van der Waals surface area contributed by atoms with Gasteiger partial charge in [0.25, 0.3) is 0 Å². The lowest BCUT2D eigenvalue weighted by Gasteiger charge is -2.37. The van der Waals surface area contributed by atoms with Crippen LogP contribution in [0.3, 0.4) is 0 Å². The van der Waals surface area contributed by atoms with Crippen molar-refractivity contribution in [1.82, 2.24) is 10.2 Å². The van der Waals surface area contributed by atoms with Gasteiger partial charge in [0.05, 0.1) is 0 Å². The van der Waals surface area contributed by atoms with Gasteiger partial charge in [-0.3, -0.25) is 4.90 Å². The molecule has 0 aromatic rings. The van der Waals surface area contributed by atoms with E-state index in [1.165, 1.54) is 58.2 Å². The van der Waals surface area contributed by atoms with Crippen molar-refractivity contribution in [3.8, 4) is 0 Å². The number of hydrogen-bond donors (Lipinski definition) is 1. The average Bonchev–Trinajstić information content (AvgIpc) is 2.95. The second-order valence-electron chi connectivity index (χ2n) is 7.08. The molecule has 0 aromatic heterocycles. The minimum absolute atomic E-state index is 0.493. The van der Waals surface area contributed by atoms with Crippen LogP contribution in [0.4, 0.5) is 0 Å². The van der Waals surface area contributed by atoms with Crippen LogP contribution in [-0.4, -0.2) is 36.6 Å². The molecule has 1 saturated heterocycles. The van der Waals surface area contributed by atoms with Crippen LogP contribution in [0.15, 0.2) is 0 Å². The van der Waals surface area contributed by atoms with E-state index in [-0.39, 0.29) is 0 Å². The summed E-state index contributed by atoms with van der Waals surface area (Å²) >= 11 is 0. The molecule has 0 spiro atoms. The first-order valence-corrected chi connectivity index (χ1v) is 7.66. The molecule has 2 saturated carbocycles. The normalized spacial score (nSPS) is 36.4. The Kier molecular flexibility index (Phi) is 3.20. The van der Waals surface area contributed by atoms with E-state index in [9.17, 15) is 0 Å². The fraction of sp³-hybridized carbons (Fsp3) is 1.00. The topological polar surface area (TPSA) is 15.3 Å². The summed E-state index contributed by atoms with van der Waals surface area (Å²) in [6.07, 6.45) is 8.60. The van der Waals surface area contributed by atoms with Crippen LogP contribution >= 0.6 is 0 Å². The highest BCUT2D eigenvalue weighted by molar-refractivity contribution is 4.95. The molecule has 1 N–H and O–H groups in total. The lowest BCUT2D eigenvalue weighted by Crippen LogP contribution is -2.45. The second kappa shape index (κ2) is 4.55. The Morgan fingerprint density at radius 2 is 2.06 bits per heavy atom. The molecule has 3 atom stereocenters. The highest BCUT2D eigenvalue weighted by Crippen LogP contribution is 2.39. The van der Waals surface area contributed by atoms with E-state index in [0.29, 0.717) is 5.41 Å². The summed E-state index contributed by atoms with van der Waals surface area (Å²) in [4.78, 5) is 2.80. The van der Waals surface area contributed by atoms with E-state index >= 15 is 0 Å². The molecule has 3 rings (SSSR count). The highest BCUT2D eigenvalue weighted by atomic mass is 15.2. The molecule has 3 fully saturated rings. The fourth-order valence-electron chi connectivity index (χ4n) is 3.68. The first-order valence-electron chi connectivity index (χ1n) is 7.66. The van der Waals surface area contributed by atoms with Gasteiger partial charge in [0.15, 0.2) is 0 Å². The molecular weight excluding hydrogens is 208 g/mol. The Morgan fingerprint density at radius 3 is 2.59 bits per heavy atom. The quantitative estimate of drug-likeness (QED) is 0.763. The zero-order chi connectivity index (χ0) is 11.9. The van der Waals surface area contributed by atoms with Crippen LogP contribution in [0.1, 0.15) is 52.4 Å². The van der Waals surface area contributed by atoms with E-state index in [1.54, 1.807) is 0 Å². The van der Waals surface area contributed by atoms with Crippen LogP contribution in [0, 0.1) is 11.3 Å². The second-order valence-corrected chi connectivity index (χ2v) is 7.08. The molecule has 2 bridgehead atoms. The summed E-state index contributed by atoms with van der Waals surface area (Å²) < 4.78 is 0. The maximum atomic E-state index is 3.74. The van der Waals surface area contributed by atoms with Crippen molar-refractivity contribution in [3.63, 3.8) is 0 Å². The molecule has 3 aliphatic rings.